The summed E-state index contributed by atoms with van der Waals surface area (Å²) in [6, 6.07) is 0. The van der Waals surface area contributed by atoms with Gasteiger partial charge in [-0.2, -0.15) is 0 Å². The van der Waals surface area contributed by atoms with Gasteiger partial charge in [-0.1, -0.05) is 0 Å². The summed E-state index contributed by atoms with van der Waals surface area (Å²) in [5.74, 6) is 0. The van der Waals surface area contributed by atoms with Crippen LogP contribution in [0.1, 0.15) is 0 Å². The number of hydrogen-bond acceptors (Lipinski definition) is 6. The fourth-order valence-electron chi connectivity index (χ4n) is 0. The van der Waals surface area contributed by atoms with Gasteiger partial charge < -0.3 is 71.0 Å². The first-order chi connectivity index (χ1) is 6.00. The number of hydrogen-bond donors (Lipinski definition) is 0. The summed E-state index contributed by atoms with van der Waals surface area (Å²) < 4.78 is 0. The van der Waals surface area contributed by atoms with E-state index >= 15 is 0 Å². The van der Waals surface area contributed by atoms with Gasteiger partial charge in [0.25, 0.3) is 0 Å². The molecule has 0 amide bonds. The van der Waals surface area contributed by atoms with Crippen LogP contribution in [-0.4, -0.2) is 0 Å². The van der Waals surface area contributed by atoms with Crippen LogP contribution in [0.4, 0.5) is 0 Å². The summed E-state index contributed by atoms with van der Waals surface area (Å²) in [7, 11) is 0. The van der Waals surface area contributed by atoms with Gasteiger partial charge in [0.05, 0.1) is 0 Å². The standard InChI is InChI=1S/6CN.3Cs.Fe/c6*1-2;;;;/q6*-1;3*+1;+3. The van der Waals surface area contributed by atoms with Crippen LogP contribution in [0, 0.1) is 71.0 Å². The molecule has 0 rings (SSSR count). The van der Waals surface area contributed by atoms with Crippen molar-refractivity contribution in [3.05, 3.63) is 39.4 Å². The molecule has 0 N–H and O–H groups in total. The largest absolute Gasteiger partial charge is 3.00 e. The average Bonchev–Trinajstić information content (AvgIpc) is 2.33. The molecule has 6 nitrogen and oxygen atoms in total. The van der Waals surface area contributed by atoms with Crippen molar-refractivity contribution in [1.82, 2.24) is 0 Å². The molecule has 0 atom stereocenters. The Morgan fingerprint density at radius 1 is 0.312 bits per heavy atom. The van der Waals surface area contributed by atoms with Gasteiger partial charge in [-0.3, -0.25) is 0 Å². The smallest absolute Gasteiger partial charge is 0.512 e. The molecular formula is C6Cs3FeN6. The van der Waals surface area contributed by atoms with Gasteiger partial charge in [0, 0.05) is 0 Å². The van der Waals surface area contributed by atoms with Crippen LogP contribution in [-0.2, 0) is 17.1 Å². The Morgan fingerprint density at radius 2 is 0.312 bits per heavy atom. The Morgan fingerprint density at radius 3 is 0.312 bits per heavy atom. The van der Waals surface area contributed by atoms with Crippen molar-refractivity contribution in [3.63, 3.8) is 0 Å². The summed E-state index contributed by atoms with van der Waals surface area (Å²) >= 11 is 0. The van der Waals surface area contributed by atoms with E-state index in [1.54, 1.807) is 0 Å². The Labute approximate surface area is 284 Å². The molecule has 0 aliphatic rings. The Hall–Kier alpha value is 3.62. The van der Waals surface area contributed by atoms with E-state index in [1.807, 2.05) is 0 Å². The zero-order valence-electron chi connectivity index (χ0n) is 9.04. The molecule has 0 bridgehead atoms. The van der Waals surface area contributed by atoms with E-state index in [1.165, 1.54) is 0 Å². The van der Waals surface area contributed by atoms with Crippen molar-refractivity contribution in [1.29, 1.82) is 31.6 Å². The van der Waals surface area contributed by atoms with Crippen molar-refractivity contribution in [3.8, 4) is 0 Å². The predicted molar refractivity (Wildman–Crippen MR) is 29.8 cm³/mol. The summed E-state index contributed by atoms with van der Waals surface area (Å²) in [6.07, 6.45) is 0. The van der Waals surface area contributed by atoms with Crippen LogP contribution < -0.4 is 207 Å². The Kier molecular flexibility index (Phi) is 2030. The van der Waals surface area contributed by atoms with E-state index in [2.05, 4.69) is 0 Å². The maximum Gasteiger partial charge on any atom is 3.00 e. The summed E-state index contributed by atoms with van der Waals surface area (Å²) in [5, 5.41) is 37.5. The van der Waals surface area contributed by atoms with Gasteiger partial charge in [0.15, 0.2) is 0 Å². The third-order valence-corrected chi connectivity index (χ3v) is 0. The molecule has 0 heterocycles. The molecule has 0 aromatic heterocycles. The maximum atomic E-state index is 6.25. The van der Waals surface area contributed by atoms with Gasteiger partial charge in [0.2, 0.25) is 0 Å². The van der Waals surface area contributed by atoms with Crippen molar-refractivity contribution in [2.45, 2.75) is 0 Å². The molecule has 0 saturated heterocycles. The normalized spacial score (nSPS) is 0.750. The molecule has 0 fully saturated rings. The van der Waals surface area contributed by atoms with Gasteiger partial charge in [-0.05, 0) is 0 Å². The van der Waals surface area contributed by atoms with Crippen LogP contribution >= 0.6 is 0 Å². The molecule has 0 aromatic rings. The molecule has 65 valence electrons. The molecule has 16 heavy (non-hydrogen) atoms. The van der Waals surface area contributed by atoms with Crippen molar-refractivity contribution >= 4 is 0 Å². The van der Waals surface area contributed by atoms with E-state index in [-0.39, 0.29) is 224 Å². The minimum absolute atomic E-state index is 0. The second kappa shape index (κ2) is 442. The second-order valence-electron chi connectivity index (χ2n) is 0. The Bertz CT molecular complexity index is 103. The fourth-order valence-corrected chi connectivity index (χ4v) is 0. The van der Waals surface area contributed by atoms with Crippen LogP contribution in [0.2, 0.25) is 0 Å². The summed E-state index contributed by atoms with van der Waals surface area (Å²) in [4.78, 5) is 0. The average molecular weight is 611 g/mol. The quantitative estimate of drug-likeness (QED) is 0.197. The van der Waals surface area contributed by atoms with Crippen LogP contribution in [0.15, 0.2) is 0 Å². The van der Waals surface area contributed by atoms with Crippen LogP contribution in [0.5, 0.6) is 0 Å². The third kappa shape index (κ3) is 372. The summed E-state index contributed by atoms with van der Waals surface area (Å²) in [5.41, 5.74) is 0. The van der Waals surface area contributed by atoms with Crippen molar-refractivity contribution < 1.29 is 224 Å². The first-order valence-electron chi connectivity index (χ1n) is 1.34. The number of nitrogens with zero attached hydrogens (tertiary/aromatic N) is 6. The van der Waals surface area contributed by atoms with Gasteiger partial charge in [-0.15, -0.1) is 0 Å². The molecule has 0 aromatic carbocycles. The van der Waals surface area contributed by atoms with Crippen LogP contribution in [0.25, 0.3) is 0 Å². The van der Waals surface area contributed by atoms with Gasteiger partial charge in [0.1, 0.15) is 0 Å². The van der Waals surface area contributed by atoms with Gasteiger partial charge >= 0.3 is 224 Å². The first-order valence-corrected chi connectivity index (χ1v) is 1.34. The molecule has 10 heteroatoms. The Balaban J connectivity index is -0.00000000321. The van der Waals surface area contributed by atoms with E-state index in [0.717, 1.165) is 0 Å². The van der Waals surface area contributed by atoms with Crippen LogP contribution in [0.3, 0.4) is 0 Å². The molecular weight excluding hydrogens is 611 g/mol. The van der Waals surface area contributed by atoms with E-state index in [0.29, 0.717) is 0 Å². The molecule has 1 radical (unpaired) electrons. The molecule has 0 spiro atoms. The van der Waals surface area contributed by atoms with E-state index in [9.17, 15) is 0 Å². The third-order valence-electron chi connectivity index (χ3n) is 0. The monoisotopic (exact) mass is 611 g/mol. The predicted octanol–water partition coefficient (Wildman–Crippen LogP) is -8.41. The minimum Gasteiger partial charge on any atom is -0.512 e. The zero-order valence-corrected chi connectivity index (χ0v) is 29.0. The van der Waals surface area contributed by atoms with E-state index in [4.69, 9.17) is 71.0 Å². The summed E-state index contributed by atoms with van der Waals surface area (Å²) in [6.45, 7) is 28.5. The SMILES string of the molecule is [C-]#N.[C-]#N.[C-]#N.[C-]#N.[C-]#N.[C-]#N.[Cs+].[Cs+].[Cs+].[Fe+3]. The zero-order chi connectivity index (χ0) is 12.0. The minimum atomic E-state index is 0. The molecule has 0 saturated carbocycles. The van der Waals surface area contributed by atoms with E-state index < -0.39 is 0 Å². The molecule has 0 aliphatic heterocycles. The van der Waals surface area contributed by atoms with Gasteiger partial charge in [-0.25, -0.2) is 0 Å². The maximum absolute atomic E-state index is 6.25. The first kappa shape index (κ1) is 73.5. The molecule has 0 unspecified atom stereocenters. The molecule has 0 aliphatic carbocycles. The fraction of sp³-hybridized carbons (Fsp3) is 0. The van der Waals surface area contributed by atoms with Crippen molar-refractivity contribution in [2.24, 2.45) is 0 Å². The number of rotatable bonds is 0. The second-order valence-corrected chi connectivity index (χ2v) is 0. The topological polar surface area (TPSA) is 143 Å². The van der Waals surface area contributed by atoms with Crippen molar-refractivity contribution in [2.75, 3.05) is 0 Å².